The van der Waals surface area contributed by atoms with Crippen LogP contribution >= 0.6 is 0 Å². The normalized spacial score (nSPS) is 24.5. The molecule has 1 atom stereocenters. The quantitative estimate of drug-likeness (QED) is 0.661. The third kappa shape index (κ3) is 3.63. The van der Waals surface area contributed by atoms with Gasteiger partial charge in [0.05, 0.1) is 0 Å². The molecular formula is C10H23N3. The van der Waals surface area contributed by atoms with Crippen molar-refractivity contribution < 1.29 is 0 Å². The van der Waals surface area contributed by atoms with Crippen molar-refractivity contribution in [3.63, 3.8) is 0 Å². The highest BCUT2D eigenvalue weighted by Gasteiger charge is 2.22. The molecule has 13 heavy (non-hydrogen) atoms. The Morgan fingerprint density at radius 2 is 2.23 bits per heavy atom. The molecule has 0 bridgehead atoms. The Morgan fingerprint density at radius 1 is 1.46 bits per heavy atom. The maximum Gasteiger partial charge on any atom is 0.0221 e. The van der Waals surface area contributed by atoms with E-state index in [9.17, 15) is 0 Å². The van der Waals surface area contributed by atoms with Gasteiger partial charge in [-0.25, -0.2) is 0 Å². The van der Waals surface area contributed by atoms with Gasteiger partial charge in [0.1, 0.15) is 0 Å². The summed E-state index contributed by atoms with van der Waals surface area (Å²) in [6.45, 7) is 4.84. The molecule has 3 nitrogen and oxygen atoms in total. The van der Waals surface area contributed by atoms with Crippen molar-refractivity contribution in [3.8, 4) is 0 Å². The molecule has 1 aliphatic heterocycles. The fraction of sp³-hybridized carbons (Fsp3) is 1.00. The maximum atomic E-state index is 3.27. The van der Waals surface area contributed by atoms with Gasteiger partial charge in [0.25, 0.3) is 0 Å². The zero-order valence-electron chi connectivity index (χ0n) is 9.21. The number of nitrogens with one attached hydrogen (secondary N) is 1. The van der Waals surface area contributed by atoms with E-state index in [0.29, 0.717) is 0 Å². The van der Waals surface area contributed by atoms with E-state index in [2.05, 4.69) is 29.2 Å². The smallest absolute Gasteiger partial charge is 0.0221 e. The number of likely N-dealkylation sites (N-methyl/N-ethyl adjacent to an activating group) is 2. The standard InChI is InChI=1S/C10H23N3/c1-11-9-10-5-4-6-13(10)8-7-12(2)3/h10-11H,4-9H2,1-3H3. The Morgan fingerprint density at radius 3 is 2.85 bits per heavy atom. The van der Waals surface area contributed by atoms with Gasteiger partial charge in [0.15, 0.2) is 0 Å². The van der Waals surface area contributed by atoms with E-state index < -0.39 is 0 Å². The third-order valence-corrected chi connectivity index (χ3v) is 2.77. The van der Waals surface area contributed by atoms with Crippen molar-refractivity contribution in [3.05, 3.63) is 0 Å². The SMILES string of the molecule is CNCC1CCCN1CCN(C)C. The van der Waals surface area contributed by atoms with E-state index in [4.69, 9.17) is 0 Å². The molecule has 0 spiro atoms. The van der Waals surface area contributed by atoms with Gasteiger partial charge in [0, 0.05) is 25.7 Å². The molecule has 1 fully saturated rings. The predicted molar refractivity (Wildman–Crippen MR) is 57.1 cm³/mol. The molecule has 0 amide bonds. The number of rotatable bonds is 5. The Balaban J connectivity index is 2.22. The molecule has 1 rings (SSSR count). The molecule has 0 saturated carbocycles. The molecule has 1 heterocycles. The van der Waals surface area contributed by atoms with Crippen LogP contribution in [0.5, 0.6) is 0 Å². The first kappa shape index (κ1) is 11.0. The zero-order chi connectivity index (χ0) is 9.68. The van der Waals surface area contributed by atoms with Crippen molar-refractivity contribution in [2.45, 2.75) is 18.9 Å². The molecule has 78 valence electrons. The van der Waals surface area contributed by atoms with E-state index in [1.54, 1.807) is 0 Å². The molecule has 0 aromatic carbocycles. The molecule has 1 unspecified atom stereocenters. The van der Waals surface area contributed by atoms with Crippen LogP contribution < -0.4 is 5.32 Å². The van der Waals surface area contributed by atoms with Crippen LogP contribution in [0.2, 0.25) is 0 Å². The van der Waals surface area contributed by atoms with Gasteiger partial charge in [-0.2, -0.15) is 0 Å². The van der Waals surface area contributed by atoms with Crippen molar-refractivity contribution in [2.24, 2.45) is 0 Å². The molecule has 0 radical (unpaired) electrons. The Labute approximate surface area is 82.1 Å². The minimum absolute atomic E-state index is 0.782. The summed E-state index contributed by atoms with van der Waals surface area (Å²) < 4.78 is 0. The largest absolute Gasteiger partial charge is 0.318 e. The summed E-state index contributed by atoms with van der Waals surface area (Å²) in [6, 6.07) is 0.782. The van der Waals surface area contributed by atoms with Gasteiger partial charge in [-0.3, -0.25) is 4.90 Å². The molecule has 1 saturated heterocycles. The van der Waals surface area contributed by atoms with Crippen LogP contribution in [0.3, 0.4) is 0 Å². The van der Waals surface area contributed by atoms with Gasteiger partial charge >= 0.3 is 0 Å². The Kier molecular flexibility index (Phi) is 4.70. The topological polar surface area (TPSA) is 18.5 Å². The monoisotopic (exact) mass is 185 g/mol. The first-order chi connectivity index (χ1) is 6.24. The minimum atomic E-state index is 0.782. The summed E-state index contributed by atoms with van der Waals surface area (Å²) in [4.78, 5) is 4.87. The van der Waals surface area contributed by atoms with Gasteiger partial charge in [-0.1, -0.05) is 0 Å². The van der Waals surface area contributed by atoms with Crippen molar-refractivity contribution in [2.75, 3.05) is 47.3 Å². The maximum absolute atomic E-state index is 3.27. The number of hydrogen-bond acceptors (Lipinski definition) is 3. The molecule has 0 aliphatic carbocycles. The molecule has 3 heteroatoms. The lowest BCUT2D eigenvalue weighted by molar-refractivity contribution is 0.223. The van der Waals surface area contributed by atoms with Gasteiger partial charge < -0.3 is 10.2 Å². The average molecular weight is 185 g/mol. The van der Waals surface area contributed by atoms with Gasteiger partial charge in [0.2, 0.25) is 0 Å². The van der Waals surface area contributed by atoms with Crippen LogP contribution in [0.15, 0.2) is 0 Å². The fourth-order valence-electron chi connectivity index (χ4n) is 1.98. The first-order valence-electron chi connectivity index (χ1n) is 5.27. The second-order valence-corrected chi connectivity index (χ2v) is 4.19. The molecule has 0 aromatic heterocycles. The molecule has 1 N–H and O–H groups in total. The zero-order valence-corrected chi connectivity index (χ0v) is 9.21. The van der Waals surface area contributed by atoms with Crippen LogP contribution in [0.1, 0.15) is 12.8 Å². The predicted octanol–water partition coefficient (Wildman–Crippen LogP) is 0.232. The minimum Gasteiger partial charge on any atom is -0.318 e. The van der Waals surface area contributed by atoms with Crippen LogP contribution in [-0.2, 0) is 0 Å². The van der Waals surface area contributed by atoms with Crippen LogP contribution in [-0.4, -0.2) is 63.2 Å². The van der Waals surface area contributed by atoms with Crippen LogP contribution in [0.25, 0.3) is 0 Å². The van der Waals surface area contributed by atoms with E-state index in [1.165, 1.54) is 32.5 Å². The van der Waals surface area contributed by atoms with Crippen molar-refractivity contribution in [1.82, 2.24) is 15.1 Å². The molecule has 1 aliphatic rings. The number of likely N-dealkylation sites (tertiary alicyclic amines) is 1. The second kappa shape index (κ2) is 5.58. The lowest BCUT2D eigenvalue weighted by Gasteiger charge is -2.25. The lowest BCUT2D eigenvalue weighted by atomic mass is 10.2. The van der Waals surface area contributed by atoms with E-state index in [1.807, 2.05) is 7.05 Å². The highest BCUT2D eigenvalue weighted by molar-refractivity contribution is 4.80. The average Bonchev–Trinajstić information content (AvgIpc) is 2.49. The van der Waals surface area contributed by atoms with Crippen LogP contribution in [0.4, 0.5) is 0 Å². The van der Waals surface area contributed by atoms with Gasteiger partial charge in [-0.05, 0) is 40.5 Å². The summed E-state index contributed by atoms with van der Waals surface area (Å²) in [5.41, 5.74) is 0. The summed E-state index contributed by atoms with van der Waals surface area (Å²) in [5.74, 6) is 0. The third-order valence-electron chi connectivity index (χ3n) is 2.77. The van der Waals surface area contributed by atoms with Crippen molar-refractivity contribution in [1.29, 1.82) is 0 Å². The Bertz CT molecular complexity index is 136. The van der Waals surface area contributed by atoms with E-state index in [-0.39, 0.29) is 0 Å². The molecule has 0 aromatic rings. The second-order valence-electron chi connectivity index (χ2n) is 4.19. The van der Waals surface area contributed by atoms with E-state index >= 15 is 0 Å². The fourth-order valence-corrected chi connectivity index (χ4v) is 1.98. The lowest BCUT2D eigenvalue weighted by Crippen LogP contribution is -2.40. The number of nitrogens with zero attached hydrogens (tertiary/aromatic N) is 2. The van der Waals surface area contributed by atoms with Crippen LogP contribution in [0, 0.1) is 0 Å². The summed E-state index contributed by atoms with van der Waals surface area (Å²) in [7, 11) is 6.33. The van der Waals surface area contributed by atoms with Gasteiger partial charge in [-0.15, -0.1) is 0 Å². The highest BCUT2D eigenvalue weighted by Crippen LogP contribution is 2.15. The highest BCUT2D eigenvalue weighted by atomic mass is 15.2. The summed E-state index contributed by atoms with van der Waals surface area (Å²) in [6.07, 6.45) is 2.74. The summed E-state index contributed by atoms with van der Waals surface area (Å²) in [5, 5.41) is 3.27. The Hall–Kier alpha value is -0.120. The van der Waals surface area contributed by atoms with Crippen molar-refractivity contribution >= 4 is 0 Å². The first-order valence-corrected chi connectivity index (χ1v) is 5.27. The molecular weight excluding hydrogens is 162 g/mol. The number of hydrogen-bond donors (Lipinski definition) is 1. The van der Waals surface area contributed by atoms with E-state index in [0.717, 1.165) is 12.6 Å². The summed E-state index contributed by atoms with van der Waals surface area (Å²) >= 11 is 0.